The van der Waals surface area contributed by atoms with E-state index < -0.39 is 0 Å². The highest BCUT2D eigenvalue weighted by Crippen LogP contribution is 2.28. The molecule has 3 heteroatoms. The molecule has 2 aromatic carbocycles. The summed E-state index contributed by atoms with van der Waals surface area (Å²) in [5.41, 5.74) is 2.21. The molecular weight excluding hydrogens is 240 g/mol. The highest BCUT2D eigenvalue weighted by atomic mass is 16.5. The molecule has 0 aliphatic heterocycles. The van der Waals surface area contributed by atoms with Crippen molar-refractivity contribution in [3.63, 3.8) is 0 Å². The van der Waals surface area contributed by atoms with E-state index in [2.05, 4.69) is 0 Å². The molecule has 0 radical (unpaired) electrons. The molecule has 2 aromatic rings. The third-order valence-electron chi connectivity index (χ3n) is 2.91. The summed E-state index contributed by atoms with van der Waals surface area (Å²) in [6.07, 6.45) is 0. The smallest absolute Gasteiger partial charge is 0.163 e. The Balaban J connectivity index is 2.17. The monoisotopic (exact) mass is 256 g/mol. The van der Waals surface area contributed by atoms with Crippen LogP contribution in [0.4, 0.5) is 0 Å². The van der Waals surface area contributed by atoms with E-state index >= 15 is 0 Å². The minimum absolute atomic E-state index is 0.0406. The summed E-state index contributed by atoms with van der Waals surface area (Å²) in [6, 6.07) is 12.9. The molecule has 0 spiro atoms. The molecule has 19 heavy (non-hydrogen) atoms. The van der Waals surface area contributed by atoms with Crippen LogP contribution in [-0.2, 0) is 6.61 Å². The predicted octanol–water partition coefficient (Wildman–Crippen LogP) is 3.48. The van der Waals surface area contributed by atoms with Crippen LogP contribution in [0.2, 0.25) is 0 Å². The lowest BCUT2D eigenvalue weighted by Crippen LogP contribution is -1.99. The molecule has 1 N–H and O–H groups in total. The zero-order valence-corrected chi connectivity index (χ0v) is 11.0. The van der Waals surface area contributed by atoms with Gasteiger partial charge in [0.15, 0.2) is 5.78 Å². The third-order valence-corrected chi connectivity index (χ3v) is 2.91. The number of phenolic OH excluding ortho intramolecular Hbond substituents is 1. The van der Waals surface area contributed by atoms with Crippen LogP contribution in [0.3, 0.4) is 0 Å². The van der Waals surface area contributed by atoms with Crippen molar-refractivity contribution in [2.75, 3.05) is 0 Å². The summed E-state index contributed by atoms with van der Waals surface area (Å²) in [7, 11) is 0. The van der Waals surface area contributed by atoms with Crippen LogP contribution < -0.4 is 4.74 Å². The number of hydrogen-bond donors (Lipinski definition) is 1. The molecule has 2 rings (SSSR count). The number of aryl methyl sites for hydroxylation is 1. The van der Waals surface area contributed by atoms with Crippen molar-refractivity contribution >= 4 is 5.78 Å². The Morgan fingerprint density at radius 1 is 1.21 bits per heavy atom. The van der Waals surface area contributed by atoms with Crippen molar-refractivity contribution in [1.29, 1.82) is 0 Å². The van der Waals surface area contributed by atoms with Crippen LogP contribution in [0.5, 0.6) is 11.5 Å². The first-order valence-electron chi connectivity index (χ1n) is 6.09. The normalized spacial score (nSPS) is 10.2. The van der Waals surface area contributed by atoms with Gasteiger partial charge in [0.1, 0.15) is 18.1 Å². The van der Waals surface area contributed by atoms with Gasteiger partial charge in [-0.25, -0.2) is 0 Å². The average Bonchev–Trinajstić information content (AvgIpc) is 2.40. The van der Waals surface area contributed by atoms with Crippen LogP contribution in [0.15, 0.2) is 42.5 Å². The highest BCUT2D eigenvalue weighted by Gasteiger charge is 2.11. The van der Waals surface area contributed by atoms with E-state index in [1.807, 2.05) is 37.3 Å². The molecule has 0 fully saturated rings. The van der Waals surface area contributed by atoms with Crippen LogP contribution in [0, 0.1) is 6.92 Å². The number of carbonyl (C=O) groups is 1. The fraction of sp³-hybridized carbons (Fsp3) is 0.188. The summed E-state index contributed by atoms with van der Waals surface area (Å²) in [6.45, 7) is 3.71. The van der Waals surface area contributed by atoms with Gasteiger partial charge in [0, 0.05) is 6.07 Å². The van der Waals surface area contributed by atoms with Gasteiger partial charge < -0.3 is 9.84 Å². The molecular formula is C16H16O3. The Morgan fingerprint density at radius 2 is 1.89 bits per heavy atom. The van der Waals surface area contributed by atoms with Gasteiger partial charge in [-0.2, -0.15) is 0 Å². The lowest BCUT2D eigenvalue weighted by Gasteiger charge is -2.11. The molecule has 98 valence electrons. The summed E-state index contributed by atoms with van der Waals surface area (Å²) in [5, 5.41) is 9.78. The second-order valence-electron chi connectivity index (χ2n) is 4.47. The maximum Gasteiger partial charge on any atom is 0.163 e. The number of carbonyl (C=O) groups excluding carboxylic acids is 1. The van der Waals surface area contributed by atoms with E-state index in [0.717, 1.165) is 11.1 Å². The van der Waals surface area contributed by atoms with Gasteiger partial charge in [-0.15, -0.1) is 0 Å². The first kappa shape index (κ1) is 13.1. The van der Waals surface area contributed by atoms with Crippen molar-refractivity contribution in [2.24, 2.45) is 0 Å². The number of benzene rings is 2. The van der Waals surface area contributed by atoms with Gasteiger partial charge >= 0.3 is 0 Å². The second kappa shape index (κ2) is 5.57. The number of aromatic hydroxyl groups is 1. The summed E-state index contributed by atoms with van der Waals surface area (Å²) >= 11 is 0. The van der Waals surface area contributed by atoms with Crippen LogP contribution in [0.1, 0.15) is 28.4 Å². The lowest BCUT2D eigenvalue weighted by atomic mass is 10.1. The molecule has 0 aliphatic rings. The SMILES string of the molecule is CC(=O)c1cc(C)c(OCc2ccccc2)cc1O. The zero-order valence-electron chi connectivity index (χ0n) is 11.0. The van der Waals surface area contributed by atoms with E-state index in [0.29, 0.717) is 17.9 Å². The van der Waals surface area contributed by atoms with E-state index in [1.165, 1.54) is 13.0 Å². The molecule has 0 aromatic heterocycles. The molecule has 0 atom stereocenters. The van der Waals surface area contributed by atoms with Gasteiger partial charge in [0.05, 0.1) is 5.56 Å². The number of ether oxygens (including phenoxy) is 1. The van der Waals surface area contributed by atoms with Gasteiger partial charge in [0.25, 0.3) is 0 Å². The maximum absolute atomic E-state index is 11.3. The average molecular weight is 256 g/mol. The van der Waals surface area contributed by atoms with E-state index in [-0.39, 0.29) is 11.5 Å². The highest BCUT2D eigenvalue weighted by molar-refractivity contribution is 5.97. The van der Waals surface area contributed by atoms with Crippen molar-refractivity contribution in [3.05, 3.63) is 59.2 Å². The molecule has 3 nitrogen and oxygen atoms in total. The molecule has 0 saturated heterocycles. The zero-order chi connectivity index (χ0) is 13.8. The Kier molecular flexibility index (Phi) is 3.85. The largest absolute Gasteiger partial charge is 0.507 e. The summed E-state index contributed by atoms with van der Waals surface area (Å²) in [4.78, 5) is 11.3. The molecule has 0 amide bonds. The third kappa shape index (κ3) is 3.13. The quantitative estimate of drug-likeness (QED) is 0.852. The van der Waals surface area contributed by atoms with Gasteiger partial charge in [-0.05, 0) is 31.0 Å². The summed E-state index contributed by atoms with van der Waals surface area (Å²) < 4.78 is 5.67. The Labute approximate surface area is 112 Å². The minimum atomic E-state index is -0.157. The Bertz CT molecular complexity index is 588. The molecule has 0 saturated carbocycles. The fourth-order valence-corrected chi connectivity index (χ4v) is 1.85. The van der Waals surface area contributed by atoms with Crippen molar-refractivity contribution < 1.29 is 14.6 Å². The molecule has 0 aliphatic carbocycles. The number of Topliss-reactive ketones (excluding diaryl/α,β-unsaturated/α-hetero) is 1. The predicted molar refractivity (Wildman–Crippen MR) is 73.6 cm³/mol. The Hall–Kier alpha value is -2.29. The Morgan fingerprint density at radius 3 is 2.53 bits per heavy atom. The lowest BCUT2D eigenvalue weighted by molar-refractivity contribution is 0.101. The number of ketones is 1. The van der Waals surface area contributed by atoms with Crippen molar-refractivity contribution in [1.82, 2.24) is 0 Å². The number of phenols is 1. The number of hydrogen-bond acceptors (Lipinski definition) is 3. The first-order valence-corrected chi connectivity index (χ1v) is 6.09. The van der Waals surface area contributed by atoms with Gasteiger partial charge in [0.2, 0.25) is 0 Å². The van der Waals surface area contributed by atoms with Gasteiger partial charge in [-0.1, -0.05) is 30.3 Å². The van der Waals surface area contributed by atoms with E-state index in [4.69, 9.17) is 4.74 Å². The fourth-order valence-electron chi connectivity index (χ4n) is 1.85. The summed E-state index contributed by atoms with van der Waals surface area (Å²) in [5.74, 6) is 0.391. The first-order chi connectivity index (χ1) is 9.08. The van der Waals surface area contributed by atoms with E-state index in [9.17, 15) is 9.90 Å². The molecule has 0 heterocycles. The van der Waals surface area contributed by atoms with Crippen molar-refractivity contribution in [3.8, 4) is 11.5 Å². The second-order valence-corrected chi connectivity index (χ2v) is 4.47. The van der Waals surface area contributed by atoms with E-state index in [1.54, 1.807) is 6.07 Å². The van der Waals surface area contributed by atoms with Crippen LogP contribution >= 0.6 is 0 Å². The van der Waals surface area contributed by atoms with Gasteiger partial charge in [-0.3, -0.25) is 4.79 Å². The van der Waals surface area contributed by atoms with Crippen LogP contribution in [0.25, 0.3) is 0 Å². The molecule has 0 bridgehead atoms. The number of rotatable bonds is 4. The topological polar surface area (TPSA) is 46.5 Å². The minimum Gasteiger partial charge on any atom is -0.507 e. The standard InChI is InChI=1S/C16H16O3/c1-11-8-14(12(2)17)15(18)9-16(11)19-10-13-6-4-3-5-7-13/h3-9,18H,10H2,1-2H3. The van der Waals surface area contributed by atoms with Crippen molar-refractivity contribution in [2.45, 2.75) is 20.5 Å². The molecule has 0 unspecified atom stereocenters. The maximum atomic E-state index is 11.3. The van der Waals surface area contributed by atoms with Crippen LogP contribution in [-0.4, -0.2) is 10.9 Å².